The third kappa shape index (κ3) is 5.36. The highest BCUT2D eigenvalue weighted by Crippen LogP contribution is 2.18. The third-order valence-corrected chi connectivity index (χ3v) is 3.49. The summed E-state index contributed by atoms with van der Waals surface area (Å²) in [5.74, 6) is 1.66. The lowest BCUT2D eigenvalue weighted by Gasteiger charge is -2.08. The van der Waals surface area contributed by atoms with E-state index in [4.69, 9.17) is 27.4 Å². The van der Waals surface area contributed by atoms with Crippen LogP contribution in [0.5, 0.6) is 11.5 Å². The smallest absolute Gasteiger partial charge is 0.120 e. The van der Waals surface area contributed by atoms with Gasteiger partial charge in [0.25, 0.3) is 0 Å². The summed E-state index contributed by atoms with van der Waals surface area (Å²) >= 11 is 8.31. The molecule has 2 aromatic rings. The number of nitrogens with two attached hydrogens (primary N) is 1. The molecule has 0 atom stereocenters. The van der Waals surface area contributed by atoms with Gasteiger partial charge in [-0.25, -0.2) is 0 Å². The molecule has 110 valence electrons. The molecule has 2 rings (SSSR count). The number of halogens is 1. The summed E-state index contributed by atoms with van der Waals surface area (Å²) in [4.78, 5) is 0.393. The predicted molar refractivity (Wildman–Crippen MR) is 92.1 cm³/mol. The zero-order chi connectivity index (χ0) is 15.1. The highest BCUT2D eigenvalue weighted by Gasteiger charge is 1.98. The van der Waals surface area contributed by atoms with Crippen LogP contribution in [0.3, 0.4) is 0 Å². The van der Waals surface area contributed by atoms with Crippen LogP contribution in [0, 0.1) is 0 Å². The summed E-state index contributed by atoms with van der Waals surface area (Å²) in [5.41, 5.74) is 6.38. The lowest BCUT2D eigenvalue weighted by molar-refractivity contribution is 0.247. The van der Waals surface area contributed by atoms with Gasteiger partial charge in [0.15, 0.2) is 0 Å². The van der Waals surface area contributed by atoms with E-state index in [1.54, 1.807) is 0 Å². The molecule has 2 N–H and O–H groups in total. The van der Waals surface area contributed by atoms with E-state index in [9.17, 15) is 0 Å². The number of rotatable bonds is 7. The van der Waals surface area contributed by atoms with Crippen LogP contribution in [0.25, 0.3) is 0 Å². The van der Waals surface area contributed by atoms with Crippen molar-refractivity contribution in [1.29, 1.82) is 0 Å². The zero-order valence-electron chi connectivity index (χ0n) is 11.4. The minimum Gasteiger partial charge on any atom is -0.493 e. The molecule has 21 heavy (non-hydrogen) atoms. The molecule has 0 aromatic heterocycles. The molecule has 0 saturated carbocycles. The van der Waals surface area contributed by atoms with Gasteiger partial charge in [0, 0.05) is 16.5 Å². The second-order valence-corrected chi connectivity index (χ2v) is 5.75. The van der Waals surface area contributed by atoms with Crippen molar-refractivity contribution in [3.63, 3.8) is 0 Å². The van der Waals surface area contributed by atoms with Gasteiger partial charge in [-0.2, -0.15) is 0 Å². The topological polar surface area (TPSA) is 44.5 Å². The zero-order valence-corrected chi connectivity index (χ0v) is 13.8. The van der Waals surface area contributed by atoms with Crippen molar-refractivity contribution in [3.8, 4) is 11.5 Å². The van der Waals surface area contributed by atoms with Gasteiger partial charge in [-0.1, -0.05) is 34.2 Å². The molecule has 0 spiro atoms. The van der Waals surface area contributed by atoms with Crippen molar-refractivity contribution in [2.45, 2.75) is 6.42 Å². The third-order valence-electron chi connectivity index (χ3n) is 2.76. The largest absolute Gasteiger partial charge is 0.493 e. The van der Waals surface area contributed by atoms with E-state index >= 15 is 0 Å². The molecule has 5 heteroatoms. The predicted octanol–water partition coefficient (Wildman–Crippen LogP) is 3.93. The highest BCUT2D eigenvalue weighted by atomic mass is 79.9. The lowest BCUT2D eigenvalue weighted by atomic mass is 10.2. The summed E-state index contributed by atoms with van der Waals surface area (Å²) in [6.07, 6.45) is 0.809. The van der Waals surface area contributed by atoms with E-state index in [2.05, 4.69) is 15.9 Å². The Labute approximate surface area is 138 Å². The van der Waals surface area contributed by atoms with E-state index < -0.39 is 0 Å². The summed E-state index contributed by atoms with van der Waals surface area (Å²) < 4.78 is 12.3. The van der Waals surface area contributed by atoms with Gasteiger partial charge in [0.05, 0.1) is 13.2 Å². The van der Waals surface area contributed by atoms with Crippen LogP contribution in [0.2, 0.25) is 0 Å². The standard InChI is InChI=1S/C16H16BrNO2S/c17-13-3-1-4-15(11-13)20-10-2-9-19-14-7-5-12(6-8-14)16(18)21/h1,3-8,11H,2,9-10H2,(H2,18,21). The maximum absolute atomic E-state index is 5.63. The molecule has 0 unspecified atom stereocenters. The van der Waals surface area contributed by atoms with Crippen LogP contribution in [0.1, 0.15) is 12.0 Å². The molecule has 0 aliphatic rings. The first kappa shape index (κ1) is 15.8. The van der Waals surface area contributed by atoms with Gasteiger partial charge in [-0.15, -0.1) is 0 Å². The van der Waals surface area contributed by atoms with Crippen LogP contribution in [-0.4, -0.2) is 18.2 Å². The number of benzene rings is 2. The normalized spacial score (nSPS) is 10.1. The van der Waals surface area contributed by atoms with Gasteiger partial charge in [0.1, 0.15) is 16.5 Å². The molecule has 0 saturated heterocycles. The molecule has 0 bridgehead atoms. The van der Waals surface area contributed by atoms with Crippen molar-refractivity contribution in [1.82, 2.24) is 0 Å². The van der Waals surface area contributed by atoms with E-state index in [1.165, 1.54) is 0 Å². The van der Waals surface area contributed by atoms with Crippen LogP contribution in [0.15, 0.2) is 53.0 Å². The molecule has 0 heterocycles. The molecule has 0 radical (unpaired) electrons. The van der Waals surface area contributed by atoms with Crippen LogP contribution in [0.4, 0.5) is 0 Å². The molecule has 3 nitrogen and oxygen atoms in total. The fourth-order valence-corrected chi connectivity index (χ4v) is 2.23. The average molecular weight is 366 g/mol. The van der Waals surface area contributed by atoms with Crippen molar-refractivity contribution in [3.05, 3.63) is 58.6 Å². The van der Waals surface area contributed by atoms with E-state index in [0.29, 0.717) is 18.2 Å². The van der Waals surface area contributed by atoms with Gasteiger partial charge < -0.3 is 15.2 Å². The van der Waals surface area contributed by atoms with Crippen molar-refractivity contribution < 1.29 is 9.47 Å². The molecular weight excluding hydrogens is 350 g/mol. The molecule has 0 fully saturated rings. The minimum absolute atomic E-state index is 0.393. The molecule has 0 aliphatic heterocycles. The van der Waals surface area contributed by atoms with Crippen LogP contribution < -0.4 is 15.2 Å². The van der Waals surface area contributed by atoms with Gasteiger partial charge in [0.2, 0.25) is 0 Å². The van der Waals surface area contributed by atoms with Crippen LogP contribution in [-0.2, 0) is 0 Å². The SMILES string of the molecule is NC(=S)c1ccc(OCCCOc2cccc(Br)c2)cc1. The van der Waals surface area contributed by atoms with Crippen molar-refractivity contribution >= 4 is 33.1 Å². The summed E-state index contributed by atoms with van der Waals surface area (Å²) in [6, 6.07) is 15.2. The fraction of sp³-hybridized carbons (Fsp3) is 0.188. The van der Waals surface area contributed by atoms with Crippen molar-refractivity contribution in [2.75, 3.05) is 13.2 Å². The van der Waals surface area contributed by atoms with Gasteiger partial charge in [-0.3, -0.25) is 0 Å². The van der Waals surface area contributed by atoms with Gasteiger partial charge >= 0.3 is 0 Å². The molecule has 0 aliphatic carbocycles. The van der Waals surface area contributed by atoms with E-state index in [1.807, 2.05) is 48.5 Å². The van der Waals surface area contributed by atoms with E-state index in [0.717, 1.165) is 28.0 Å². The van der Waals surface area contributed by atoms with Crippen molar-refractivity contribution in [2.24, 2.45) is 5.73 Å². The quantitative estimate of drug-likeness (QED) is 0.596. The average Bonchev–Trinajstić information content (AvgIpc) is 2.47. The monoisotopic (exact) mass is 365 g/mol. The Bertz CT molecular complexity index is 601. The second kappa shape index (κ2) is 8.00. The fourth-order valence-electron chi connectivity index (χ4n) is 1.71. The first-order valence-corrected chi connectivity index (χ1v) is 7.76. The van der Waals surface area contributed by atoms with Crippen LogP contribution >= 0.6 is 28.1 Å². The van der Waals surface area contributed by atoms with Gasteiger partial charge in [-0.05, 0) is 42.5 Å². The maximum atomic E-state index is 5.63. The Morgan fingerprint density at radius 2 is 1.67 bits per heavy atom. The Morgan fingerprint density at radius 1 is 1.00 bits per heavy atom. The molecule has 2 aromatic carbocycles. The molecular formula is C16H16BrNO2S. The Morgan fingerprint density at radius 3 is 2.29 bits per heavy atom. The summed E-state index contributed by atoms with van der Waals surface area (Å²) in [6.45, 7) is 1.21. The Kier molecular flexibility index (Phi) is 6.02. The number of hydrogen-bond acceptors (Lipinski definition) is 3. The minimum atomic E-state index is 0.393. The first-order chi connectivity index (χ1) is 10.1. The lowest BCUT2D eigenvalue weighted by Crippen LogP contribution is -2.09. The Hall–Kier alpha value is -1.59. The Balaban J connectivity index is 1.69. The second-order valence-electron chi connectivity index (χ2n) is 4.40. The number of ether oxygens (including phenoxy) is 2. The highest BCUT2D eigenvalue weighted by molar-refractivity contribution is 9.10. The van der Waals surface area contributed by atoms with E-state index in [-0.39, 0.29) is 0 Å². The number of thiocarbonyl (C=S) groups is 1. The summed E-state index contributed by atoms with van der Waals surface area (Å²) in [5, 5.41) is 0. The number of hydrogen-bond donors (Lipinski definition) is 1. The molecule has 0 amide bonds. The maximum Gasteiger partial charge on any atom is 0.120 e. The summed E-state index contributed by atoms with van der Waals surface area (Å²) in [7, 11) is 0. The first-order valence-electron chi connectivity index (χ1n) is 6.56.